The van der Waals surface area contributed by atoms with Crippen LogP contribution in [0.2, 0.25) is 0 Å². The quantitative estimate of drug-likeness (QED) is 0.764. The second-order valence-corrected chi connectivity index (χ2v) is 5.00. The van der Waals surface area contributed by atoms with E-state index in [0.717, 1.165) is 11.1 Å². The second-order valence-electron chi connectivity index (χ2n) is 5.00. The third kappa shape index (κ3) is 3.15. The van der Waals surface area contributed by atoms with Gasteiger partial charge in [-0.1, -0.05) is 6.07 Å². The summed E-state index contributed by atoms with van der Waals surface area (Å²) in [5.41, 5.74) is 3.04. The number of aromatic nitrogens is 4. The first-order valence-corrected chi connectivity index (χ1v) is 7.43. The monoisotopic (exact) mass is 321 g/mol. The third-order valence-corrected chi connectivity index (χ3v) is 3.33. The molecule has 0 saturated heterocycles. The SMILES string of the molecule is CCNC(=O)Nc1nc2cc(-c3cccnc3)cc(CC#N)n2n1. The zero-order valence-electron chi connectivity index (χ0n) is 13.0. The summed E-state index contributed by atoms with van der Waals surface area (Å²) >= 11 is 0. The number of carbonyl (C=O) groups is 1. The summed E-state index contributed by atoms with van der Waals surface area (Å²) in [7, 11) is 0. The molecule has 24 heavy (non-hydrogen) atoms. The van der Waals surface area contributed by atoms with Crippen LogP contribution in [-0.2, 0) is 6.42 Å². The summed E-state index contributed by atoms with van der Waals surface area (Å²) in [5.74, 6) is 0.184. The van der Waals surface area contributed by atoms with Gasteiger partial charge in [0.2, 0.25) is 0 Å². The smallest absolute Gasteiger partial charge is 0.321 e. The number of urea groups is 1. The number of nitriles is 1. The van der Waals surface area contributed by atoms with Crippen LogP contribution < -0.4 is 10.6 Å². The van der Waals surface area contributed by atoms with Crippen molar-refractivity contribution >= 4 is 17.6 Å². The Morgan fingerprint density at radius 1 is 1.38 bits per heavy atom. The van der Waals surface area contributed by atoms with Crippen LogP contribution in [0.25, 0.3) is 16.8 Å². The van der Waals surface area contributed by atoms with E-state index in [0.29, 0.717) is 17.9 Å². The van der Waals surface area contributed by atoms with E-state index < -0.39 is 0 Å². The molecule has 0 spiro atoms. The predicted molar refractivity (Wildman–Crippen MR) is 88.2 cm³/mol. The summed E-state index contributed by atoms with van der Waals surface area (Å²) < 4.78 is 1.56. The topological polar surface area (TPSA) is 108 Å². The molecule has 3 aromatic rings. The Morgan fingerprint density at radius 2 is 2.25 bits per heavy atom. The Morgan fingerprint density at radius 3 is 2.96 bits per heavy atom. The molecule has 2 N–H and O–H groups in total. The van der Waals surface area contributed by atoms with Gasteiger partial charge < -0.3 is 5.32 Å². The predicted octanol–water partition coefficient (Wildman–Crippen LogP) is 2.00. The molecule has 120 valence electrons. The van der Waals surface area contributed by atoms with Crippen molar-refractivity contribution in [3.05, 3.63) is 42.4 Å². The number of anilines is 1. The van der Waals surface area contributed by atoms with E-state index in [-0.39, 0.29) is 18.4 Å². The number of nitrogens with zero attached hydrogens (tertiary/aromatic N) is 5. The maximum absolute atomic E-state index is 11.6. The van der Waals surface area contributed by atoms with Crippen LogP contribution in [0.15, 0.2) is 36.7 Å². The molecule has 0 saturated carbocycles. The van der Waals surface area contributed by atoms with E-state index in [1.54, 1.807) is 16.9 Å². The summed E-state index contributed by atoms with van der Waals surface area (Å²) in [4.78, 5) is 20.0. The molecule has 3 aromatic heterocycles. The lowest BCUT2D eigenvalue weighted by atomic mass is 10.1. The molecule has 0 fully saturated rings. The molecule has 0 aliphatic carbocycles. The summed E-state index contributed by atoms with van der Waals surface area (Å²) in [6, 6.07) is 9.24. The Hall–Kier alpha value is -3.47. The molecule has 0 atom stereocenters. The fraction of sp³-hybridized carbons (Fsp3) is 0.188. The fourth-order valence-corrected chi connectivity index (χ4v) is 2.32. The maximum Gasteiger partial charge on any atom is 0.321 e. The van der Waals surface area contributed by atoms with E-state index >= 15 is 0 Å². The van der Waals surface area contributed by atoms with Crippen LogP contribution >= 0.6 is 0 Å². The van der Waals surface area contributed by atoms with Gasteiger partial charge in [-0.05, 0) is 30.7 Å². The number of carbonyl (C=O) groups excluding carboxylic acids is 1. The number of hydrogen-bond donors (Lipinski definition) is 2. The first kappa shape index (κ1) is 15.4. The van der Waals surface area contributed by atoms with Crippen molar-refractivity contribution in [3.8, 4) is 17.2 Å². The highest BCUT2D eigenvalue weighted by molar-refractivity contribution is 5.87. The Kier molecular flexibility index (Phi) is 4.34. The minimum Gasteiger partial charge on any atom is -0.338 e. The molecule has 0 aliphatic heterocycles. The van der Waals surface area contributed by atoms with Gasteiger partial charge in [0.15, 0.2) is 5.65 Å². The molecule has 0 radical (unpaired) electrons. The van der Waals surface area contributed by atoms with Crippen LogP contribution in [0.3, 0.4) is 0 Å². The van der Waals surface area contributed by atoms with Gasteiger partial charge in [0.25, 0.3) is 5.95 Å². The van der Waals surface area contributed by atoms with Crippen molar-refractivity contribution in [1.29, 1.82) is 5.26 Å². The average molecular weight is 321 g/mol. The van der Waals surface area contributed by atoms with Gasteiger partial charge >= 0.3 is 6.03 Å². The van der Waals surface area contributed by atoms with Crippen molar-refractivity contribution in [2.45, 2.75) is 13.3 Å². The van der Waals surface area contributed by atoms with Crippen molar-refractivity contribution in [2.75, 3.05) is 11.9 Å². The molecule has 8 nitrogen and oxygen atoms in total. The van der Waals surface area contributed by atoms with Crippen molar-refractivity contribution in [1.82, 2.24) is 24.9 Å². The molecule has 0 aromatic carbocycles. The lowest BCUT2D eigenvalue weighted by molar-refractivity contribution is 0.252. The van der Waals surface area contributed by atoms with E-state index in [4.69, 9.17) is 5.26 Å². The summed E-state index contributed by atoms with van der Waals surface area (Å²) in [5, 5.41) is 18.5. The van der Waals surface area contributed by atoms with Crippen LogP contribution in [0.4, 0.5) is 10.7 Å². The Labute approximate surface area is 138 Å². The molecule has 0 unspecified atom stereocenters. The normalized spacial score (nSPS) is 10.3. The minimum absolute atomic E-state index is 0.175. The number of fused-ring (bicyclic) bond motifs is 1. The first-order valence-electron chi connectivity index (χ1n) is 7.43. The Bertz CT molecular complexity index is 911. The largest absolute Gasteiger partial charge is 0.338 e. The van der Waals surface area contributed by atoms with Crippen LogP contribution in [0.1, 0.15) is 12.6 Å². The lowest BCUT2D eigenvalue weighted by Gasteiger charge is -2.05. The van der Waals surface area contributed by atoms with Gasteiger partial charge in [0, 0.05) is 24.5 Å². The van der Waals surface area contributed by atoms with Gasteiger partial charge in [-0.2, -0.15) is 10.2 Å². The summed E-state index contributed by atoms with van der Waals surface area (Å²) in [6.45, 7) is 2.33. The minimum atomic E-state index is -0.372. The van der Waals surface area contributed by atoms with E-state index in [1.165, 1.54) is 0 Å². The number of hydrogen-bond acceptors (Lipinski definition) is 5. The highest BCUT2D eigenvalue weighted by Gasteiger charge is 2.12. The van der Waals surface area contributed by atoms with Crippen LogP contribution in [0.5, 0.6) is 0 Å². The first-order chi connectivity index (χ1) is 11.7. The van der Waals surface area contributed by atoms with Crippen LogP contribution in [0, 0.1) is 11.3 Å². The highest BCUT2D eigenvalue weighted by atomic mass is 16.2. The zero-order chi connectivity index (χ0) is 16.9. The van der Waals surface area contributed by atoms with Crippen LogP contribution in [-0.4, -0.2) is 32.2 Å². The number of pyridine rings is 2. The van der Waals surface area contributed by atoms with Gasteiger partial charge in [0.1, 0.15) is 0 Å². The molecular formula is C16H15N7O. The lowest BCUT2D eigenvalue weighted by Crippen LogP contribution is -2.28. The van der Waals surface area contributed by atoms with Crippen molar-refractivity contribution < 1.29 is 4.79 Å². The second kappa shape index (κ2) is 6.75. The fourth-order valence-electron chi connectivity index (χ4n) is 2.32. The van der Waals surface area contributed by atoms with E-state index in [9.17, 15) is 4.79 Å². The molecular weight excluding hydrogens is 306 g/mol. The van der Waals surface area contributed by atoms with Gasteiger partial charge in [0.05, 0.1) is 18.2 Å². The Balaban J connectivity index is 2.05. The summed E-state index contributed by atoms with van der Waals surface area (Å²) in [6.07, 6.45) is 3.62. The van der Waals surface area contributed by atoms with E-state index in [1.807, 2.05) is 31.2 Å². The molecule has 3 heterocycles. The number of amides is 2. The van der Waals surface area contributed by atoms with Crippen molar-refractivity contribution in [2.24, 2.45) is 0 Å². The van der Waals surface area contributed by atoms with Crippen molar-refractivity contribution in [3.63, 3.8) is 0 Å². The maximum atomic E-state index is 11.6. The van der Waals surface area contributed by atoms with Gasteiger partial charge in [-0.3, -0.25) is 10.3 Å². The number of rotatable bonds is 4. The third-order valence-electron chi connectivity index (χ3n) is 3.33. The molecule has 3 rings (SSSR count). The molecule has 8 heteroatoms. The number of nitrogens with one attached hydrogen (secondary N) is 2. The average Bonchev–Trinajstić information content (AvgIpc) is 2.98. The zero-order valence-corrected chi connectivity index (χ0v) is 13.0. The van der Waals surface area contributed by atoms with Gasteiger partial charge in [-0.15, -0.1) is 5.10 Å². The molecule has 0 aliphatic rings. The molecule has 0 bridgehead atoms. The molecule has 2 amide bonds. The highest BCUT2D eigenvalue weighted by Crippen LogP contribution is 2.22. The van der Waals surface area contributed by atoms with Gasteiger partial charge in [-0.25, -0.2) is 9.31 Å². The standard InChI is InChI=1S/C16H15N7O/c1-2-19-16(24)21-15-20-14-9-12(11-4-3-7-18-10-11)8-13(5-6-17)23(14)22-15/h3-4,7-10H,2,5H2,1H3,(H2,19,21,22,24). The van der Waals surface area contributed by atoms with E-state index in [2.05, 4.69) is 31.8 Å².